The summed E-state index contributed by atoms with van der Waals surface area (Å²) in [6.45, 7) is 0. The van der Waals surface area contributed by atoms with Crippen molar-refractivity contribution >= 4 is 53.1 Å². The maximum absolute atomic E-state index is 6.73. The van der Waals surface area contributed by atoms with Crippen molar-refractivity contribution in [3.8, 4) is 67.9 Å². The molecule has 0 aliphatic carbocycles. The fraction of sp³-hybridized carbons (Fsp3) is 0. The fourth-order valence-corrected chi connectivity index (χ4v) is 7.93. The fourth-order valence-electron chi connectivity index (χ4n) is 7.15. The number of hydrogen-bond acceptors (Lipinski definition) is 5. The minimum absolute atomic E-state index is 0.575. The van der Waals surface area contributed by atoms with Gasteiger partial charge in [0.05, 0.1) is 0 Å². The van der Waals surface area contributed by atoms with Gasteiger partial charge in [-0.15, -0.1) is 0 Å². The van der Waals surface area contributed by atoms with Crippen LogP contribution in [0.5, 0.6) is 0 Å². The predicted molar refractivity (Wildman–Crippen MR) is 220 cm³/mol. The Morgan fingerprint density at radius 3 is 1.59 bits per heavy atom. The molecule has 0 amide bonds. The Hall–Kier alpha value is -6.72. The third-order valence-electron chi connectivity index (χ3n) is 9.83. The van der Waals surface area contributed by atoms with Crippen LogP contribution in [0, 0.1) is 0 Å². The van der Waals surface area contributed by atoms with Gasteiger partial charge in [-0.1, -0.05) is 66.7 Å². The van der Waals surface area contributed by atoms with Gasteiger partial charge in [0.1, 0.15) is 0 Å². The number of aromatic nitrogens is 4. The molecule has 10 rings (SSSR count). The number of oxazole rings is 1. The molecule has 10 aromatic rings. The van der Waals surface area contributed by atoms with Crippen molar-refractivity contribution in [2.24, 2.45) is 0 Å². The van der Waals surface area contributed by atoms with Crippen LogP contribution in [0.3, 0.4) is 0 Å². The molecule has 2 aromatic heterocycles. The van der Waals surface area contributed by atoms with E-state index < -0.39 is 0 Å². The van der Waals surface area contributed by atoms with E-state index in [1.807, 2.05) is 72.8 Å². The first-order valence-electron chi connectivity index (χ1n) is 17.8. The van der Waals surface area contributed by atoms with Crippen LogP contribution in [0.4, 0.5) is 0 Å². The number of rotatable bonds is 6. The van der Waals surface area contributed by atoms with Crippen molar-refractivity contribution in [2.75, 3.05) is 0 Å². The van der Waals surface area contributed by atoms with E-state index in [0.717, 1.165) is 70.5 Å². The van der Waals surface area contributed by atoms with Crippen LogP contribution in [0.25, 0.3) is 101 Å². The second-order valence-corrected chi connectivity index (χ2v) is 14.1. The third kappa shape index (κ3) is 5.75. The van der Waals surface area contributed by atoms with Crippen LogP contribution in [0.2, 0.25) is 0 Å². The van der Waals surface area contributed by atoms with Crippen molar-refractivity contribution < 1.29 is 4.42 Å². The molecule has 0 aliphatic heterocycles. The Morgan fingerprint density at radius 2 is 0.907 bits per heavy atom. The number of fused-ring (bicyclic) bond motifs is 5. The Labute approximate surface area is 319 Å². The Kier molecular flexibility index (Phi) is 7.91. The molecule has 0 saturated carbocycles. The van der Waals surface area contributed by atoms with Crippen molar-refractivity contribution in [1.29, 1.82) is 0 Å². The number of benzene rings is 8. The molecule has 0 unspecified atom stereocenters. The van der Waals surface area contributed by atoms with Crippen LogP contribution >= 0.6 is 0 Å². The monoisotopic (exact) mass is 757 g/mol. The molecule has 0 fully saturated rings. The van der Waals surface area contributed by atoms with Crippen LogP contribution in [-0.4, -0.2) is 35.9 Å². The van der Waals surface area contributed by atoms with E-state index in [1.54, 1.807) is 0 Å². The molecule has 8 aromatic carbocycles. The average molecular weight is 757 g/mol. The summed E-state index contributed by atoms with van der Waals surface area (Å²) in [6.07, 6.45) is 0. The number of nitrogens with zero attached hydrogens (tertiary/aromatic N) is 4. The molecule has 54 heavy (non-hydrogen) atoms. The molecular formula is C48H29N4OSe. The van der Waals surface area contributed by atoms with Crippen LogP contribution < -0.4 is 4.46 Å². The molecule has 0 spiro atoms. The van der Waals surface area contributed by atoms with Gasteiger partial charge >= 0.3 is 211 Å². The Bertz CT molecular complexity index is 2940. The topological polar surface area (TPSA) is 64.7 Å². The van der Waals surface area contributed by atoms with Crippen molar-refractivity contribution in [2.45, 2.75) is 0 Å². The molecule has 0 N–H and O–H groups in total. The second kappa shape index (κ2) is 13.4. The molecule has 2 heterocycles. The summed E-state index contributed by atoms with van der Waals surface area (Å²) in [7, 11) is 0. The first kappa shape index (κ1) is 32.0. The third-order valence-corrected chi connectivity index (χ3v) is 10.8. The second-order valence-electron chi connectivity index (χ2n) is 13.2. The quantitative estimate of drug-likeness (QED) is 0.125. The van der Waals surface area contributed by atoms with Gasteiger partial charge in [0.25, 0.3) is 0 Å². The number of hydrogen-bond donors (Lipinski definition) is 0. The van der Waals surface area contributed by atoms with Crippen molar-refractivity contribution in [1.82, 2.24) is 19.9 Å². The molecule has 253 valence electrons. The van der Waals surface area contributed by atoms with Gasteiger partial charge in [-0.25, -0.2) is 15.0 Å². The summed E-state index contributed by atoms with van der Waals surface area (Å²) in [6, 6.07) is 60.2. The Morgan fingerprint density at radius 1 is 0.389 bits per heavy atom. The summed E-state index contributed by atoms with van der Waals surface area (Å²) in [5.74, 6) is 2.43. The zero-order chi connectivity index (χ0) is 36.0. The predicted octanol–water partition coefficient (Wildman–Crippen LogP) is 11.1. The van der Waals surface area contributed by atoms with Crippen LogP contribution in [0.1, 0.15) is 0 Å². The zero-order valence-corrected chi connectivity index (χ0v) is 30.6. The normalized spacial score (nSPS) is 11.4. The molecule has 0 atom stereocenters. The summed E-state index contributed by atoms with van der Waals surface area (Å²) in [5, 5.41) is 4.20. The first-order valence-corrected chi connectivity index (χ1v) is 18.6. The molecule has 6 heteroatoms. The molecule has 0 saturated heterocycles. The van der Waals surface area contributed by atoms with E-state index in [0.29, 0.717) is 23.4 Å². The van der Waals surface area contributed by atoms with Gasteiger partial charge in [-0.3, -0.25) is 0 Å². The average Bonchev–Trinajstić information content (AvgIpc) is 3.69. The van der Waals surface area contributed by atoms with Gasteiger partial charge in [-0.2, -0.15) is 0 Å². The van der Waals surface area contributed by atoms with Crippen molar-refractivity contribution in [3.63, 3.8) is 0 Å². The molecule has 5 nitrogen and oxygen atoms in total. The minimum atomic E-state index is 0.575. The molecule has 0 aliphatic rings. The summed E-state index contributed by atoms with van der Waals surface area (Å²) >= 11 is 3.34. The van der Waals surface area contributed by atoms with Crippen molar-refractivity contribution in [3.05, 3.63) is 176 Å². The summed E-state index contributed by atoms with van der Waals surface area (Å²) in [4.78, 5) is 19.9. The van der Waals surface area contributed by atoms with E-state index in [4.69, 9.17) is 24.4 Å². The van der Waals surface area contributed by atoms with Crippen LogP contribution in [0.15, 0.2) is 180 Å². The van der Waals surface area contributed by atoms with Gasteiger partial charge < -0.3 is 0 Å². The summed E-state index contributed by atoms with van der Waals surface area (Å²) in [5.41, 5.74) is 9.77. The zero-order valence-electron chi connectivity index (χ0n) is 28.8. The maximum atomic E-state index is 6.73. The van der Waals surface area contributed by atoms with Gasteiger partial charge in [-0.05, 0) is 0 Å². The van der Waals surface area contributed by atoms with Crippen LogP contribution in [-0.2, 0) is 0 Å². The first-order chi connectivity index (χ1) is 26.7. The van der Waals surface area contributed by atoms with E-state index in [9.17, 15) is 0 Å². The Balaban J connectivity index is 1.10. The van der Waals surface area contributed by atoms with E-state index in [-0.39, 0.29) is 0 Å². The van der Waals surface area contributed by atoms with E-state index >= 15 is 0 Å². The molecule has 1 radical (unpaired) electrons. The molecular weight excluding hydrogens is 728 g/mol. The van der Waals surface area contributed by atoms with Gasteiger partial charge in [0.2, 0.25) is 0 Å². The standard InChI is InChI=1S/C48H29N4OSe/c54-44-38(30-12-4-1-5-13-30)20-11-21-39(44)35-18-10-19-37(28-35)48-49-41-27-26-32-24-22-31-23-25-36(29-40(31)42(32)43(41)53-48)47-51-45(33-14-6-2-7-15-33)50-46(52-47)34-16-8-3-9-17-34/h1-29H. The summed E-state index contributed by atoms with van der Waals surface area (Å²) < 4.78 is 7.84. The van der Waals surface area contributed by atoms with E-state index in [2.05, 4.69) is 119 Å². The SMILES string of the molecule is [Se]c1c(-c2ccccc2)cccc1-c1cccc(-c2nc3ccc4ccc5ccc(-c6nc(-c7ccccc7)nc(-c7ccccc7)n6)cc5c4c3o2)c1. The van der Waals surface area contributed by atoms with Gasteiger partial charge in [0, 0.05) is 11.1 Å². The van der Waals surface area contributed by atoms with E-state index in [1.165, 1.54) is 11.1 Å². The van der Waals surface area contributed by atoms with Gasteiger partial charge in [0.15, 0.2) is 17.5 Å². The molecule has 0 bridgehead atoms.